The second-order valence-electron chi connectivity index (χ2n) is 3.90. The molecule has 0 spiro atoms. The second kappa shape index (κ2) is 7.72. The molecule has 1 aromatic rings. The molecular weight excluding hydrogens is 249 g/mol. The molecule has 1 rings (SSSR count). The Balaban J connectivity index is 2.82. The lowest BCUT2D eigenvalue weighted by Gasteiger charge is -2.34. The molecular formula is C12H24N3O2P. The van der Waals surface area contributed by atoms with Crippen LogP contribution in [0.2, 0.25) is 0 Å². The van der Waals surface area contributed by atoms with Crippen LogP contribution in [0.4, 0.5) is 0 Å². The van der Waals surface area contributed by atoms with Crippen LogP contribution in [-0.4, -0.2) is 40.7 Å². The number of aryl methyl sites for hydroxylation is 1. The predicted molar refractivity (Wildman–Crippen MR) is 74.6 cm³/mol. The maximum Gasteiger partial charge on any atom is 0.259 e. The molecule has 0 atom stereocenters. The van der Waals surface area contributed by atoms with E-state index in [1.807, 2.05) is 13.0 Å². The molecule has 0 aliphatic carbocycles. The van der Waals surface area contributed by atoms with Gasteiger partial charge in [-0.1, -0.05) is 27.7 Å². The van der Waals surface area contributed by atoms with Gasteiger partial charge >= 0.3 is 0 Å². The van der Waals surface area contributed by atoms with Crippen molar-refractivity contribution >= 4 is 8.45 Å². The Hall–Kier alpha value is -0.640. The Morgan fingerprint density at radius 3 is 1.94 bits per heavy atom. The van der Waals surface area contributed by atoms with Gasteiger partial charge in [0.25, 0.3) is 5.88 Å². The fourth-order valence-corrected chi connectivity index (χ4v) is 3.51. The molecule has 0 aliphatic heterocycles. The van der Waals surface area contributed by atoms with Gasteiger partial charge in [0.1, 0.15) is 5.76 Å². The molecule has 6 heteroatoms. The van der Waals surface area contributed by atoms with Crippen molar-refractivity contribution in [3.63, 3.8) is 0 Å². The van der Waals surface area contributed by atoms with Crippen LogP contribution in [-0.2, 0) is 0 Å². The summed E-state index contributed by atoms with van der Waals surface area (Å²) in [6.07, 6.45) is 0. The quantitative estimate of drug-likeness (QED) is 0.680. The minimum Gasteiger partial charge on any atom is -0.423 e. The molecule has 104 valence electrons. The largest absolute Gasteiger partial charge is 0.423 e. The fraction of sp³-hybridized carbons (Fsp3) is 0.750. The first-order valence-electron chi connectivity index (χ1n) is 6.57. The number of hydrogen-bond donors (Lipinski definition) is 0. The highest BCUT2D eigenvalue weighted by Crippen LogP contribution is 2.44. The number of rotatable bonds is 8. The molecule has 0 saturated carbocycles. The Morgan fingerprint density at radius 2 is 1.61 bits per heavy atom. The lowest BCUT2D eigenvalue weighted by Crippen LogP contribution is -2.31. The third kappa shape index (κ3) is 3.94. The average Bonchev–Trinajstić information content (AvgIpc) is 2.77. The van der Waals surface area contributed by atoms with Crippen LogP contribution in [0.3, 0.4) is 0 Å². The van der Waals surface area contributed by atoms with Crippen LogP contribution in [0.25, 0.3) is 0 Å². The Bertz CT molecular complexity index is 326. The van der Waals surface area contributed by atoms with Crippen molar-refractivity contribution in [1.82, 2.24) is 14.5 Å². The summed E-state index contributed by atoms with van der Waals surface area (Å²) >= 11 is 0. The van der Waals surface area contributed by atoms with E-state index in [1.165, 1.54) is 0 Å². The molecule has 0 bridgehead atoms. The molecule has 0 saturated heterocycles. The third-order valence-corrected chi connectivity index (χ3v) is 5.18. The van der Waals surface area contributed by atoms with Crippen LogP contribution < -0.4 is 4.52 Å². The van der Waals surface area contributed by atoms with E-state index in [4.69, 9.17) is 9.05 Å². The fourth-order valence-electron chi connectivity index (χ4n) is 1.70. The molecule has 18 heavy (non-hydrogen) atoms. The van der Waals surface area contributed by atoms with Crippen molar-refractivity contribution in [3.05, 3.63) is 11.8 Å². The summed E-state index contributed by atoms with van der Waals surface area (Å²) < 4.78 is 15.7. The number of nitrogens with zero attached hydrogens (tertiary/aromatic N) is 3. The first-order valence-corrected chi connectivity index (χ1v) is 7.73. The lowest BCUT2D eigenvalue weighted by molar-refractivity contribution is 0.334. The van der Waals surface area contributed by atoms with E-state index in [0.29, 0.717) is 5.88 Å². The van der Waals surface area contributed by atoms with E-state index >= 15 is 0 Å². The van der Waals surface area contributed by atoms with E-state index < -0.39 is 8.45 Å². The van der Waals surface area contributed by atoms with Crippen LogP contribution in [0, 0.1) is 6.92 Å². The molecule has 5 nitrogen and oxygen atoms in total. The normalized spacial score (nSPS) is 11.8. The molecule has 0 amide bonds. The Morgan fingerprint density at radius 1 is 1.11 bits per heavy atom. The van der Waals surface area contributed by atoms with Crippen molar-refractivity contribution < 1.29 is 9.05 Å². The summed E-state index contributed by atoms with van der Waals surface area (Å²) in [5, 5.41) is 3.92. The molecule has 0 fully saturated rings. The maximum atomic E-state index is 6.03. The van der Waals surface area contributed by atoms with Gasteiger partial charge in [0, 0.05) is 32.2 Å². The van der Waals surface area contributed by atoms with Gasteiger partial charge in [-0.3, -0.25) is 0 Å². The van der Waals surface area contributed by atoms with Gasteiger partial charge < -0.3 is 9.05 Å². The van der Waals surface area contributed by atoms with Gasteiger partial charge in [0.05, 0.1) is 0 Å². The highest BCUT2D eigenvalue weighted by molar-refractivity contribution is 7.47. The third-order valence-electron chi connectivity index (χ3n) is 2.73. The summed E-state index contributed by atoms with van der Waals surface area (Å²) in [7, 11) is -0.807. The van der Waals surface area contributed by atoms with Gasteiger partial charge in [0.15, 0.2) is 0 Å². The van der Waals surface area contributed by atoms with Crippen LogP contribution in [0.15, 0.2) is 10.6 Å². The molecule has 0 aromatic carbocycles. The summed E-state index contributed by atoms with van der Waals surface area (Å²) in [5.74, 6) is 1.36. The molecule has 1 heterocycles. The van der Waals surface area contributed by atoms with E-state index in [1.54, 1.807) is 0 Å². The Labute approximate surface area is 111 Å². The standard InChI is InChI=1S/C12H24N3O2P/c1-6-14(7-2)18(15(8-3)9-4)17-12-10-11(5)16-13-12/h10H,6-9H2,1-5H3. The van der Waals surface area contributed by atoms with Crippen molar-refractivity contribution in [2.75, 3.05) is 26.2 Å². The first kappa shape index (κ1) is 15.4. The average molecular weight is 273 g/mol. The Kier molecular flexibility index (Phi) is 6.61. The van der Waals surface area contributed by atoms with E-state index in [2.05, 4.69) is 42.2 Å². The van der Waals surface area contributed by atoms with Crippen molar-refractivity contribution in [3.8, 4) is 5.88 Å². The van der Waals surface area contributed by atoms with Crippen LogP contribution >= 0.6 is 8.45 Å². The molecule has 0 N–H and O–H groups in total. The first-order chi connectivity index (χ1) is 8.65. The summed E-state index contributed by atoms with van der Waals surface area (Å²) in [5.41, 5.74) is 0. The van der Waals surface area contributed by atoms with Gasteiger partial charge in [-0.25, -0.2) is 9.34 Å². The topological polar surface area (TPSA) is 41.7 Å². The summed E-state index contributed by atoms with van der Waals surface area (Å²) in [6.45, 7) is 14.4. The lowest BCUT2D eigenvalue weighted by atomic mass is 10.5. The van der Waals surface area contributed by atoms with Crippen molar-refractivity contribution in [2.24, 2.45) is 0 Å². The molecule has 0 radical (unpaired) electrons. The summed E-state index contributed by atoms with van der Waals surface area (Å²) in [6, 6.07) is 1.84. The van der Waals surface area contributed by atoms with E-state index in [0.717, 1.165) is 31.9 Å². The molecule has 1 aromatic heterocycles. The zero-order valence-electron chi connectivity index (χ0n) is 12.0. The van der Waals surface area contributed by atoms with Gasteiger partial charge in [0.2, 0.25) is 8.45 Å². The highest BCUT2D eigenvalue weighted by atomic mass is 31.2. The monoisotopic (exact) mass is 273 g/mol. The SMILES string of the molecule is CCN(CC)P(Oc1cc(C)on1)N(CC)CC. The number of aromatic nitrogens is 1. The predicted octanol–water partition coefficient (Wildman–Crippen LogP) is 3.27. The smallest absolute Gasteiger partial charge is 0.259 e. The number of hydrogen-bond acceptors (Lipinski definition) is 5. The van der Waals surface area contributed by atoms with Gasteiger partial charge in [-0.15, -0.1) is 0 Å². The van der Waals surface area contributed by atoms with Crippen molar-refractivity contribution in [1.29, 1.82) is 0 Å². The zero-order valence-corrected chi connectivity index (χ0v) is 12.9. The molecule has 0 aliphatic rings. The summed E-state index contributed by atoms with van der Waals surface area (Å²) in [4.78, 5) is 0. The van der Waals surface area contributed by atoms with Crippen molar-refractivity contribution in [2.45, 2.75) is 34.6 Å². The van der Waals surface area contributed by atoms with E-state index in [-0.39, 0.29) is 0 Å². The zero-order chi connectivity index (χ0) is 13.5. The molecule has 0 unspecified atom stereocenters. The van der Waals surface area contributed by atoms with Gasteiger partial charge in [-0.05, 0) is 12.1 Å². The van der Waals surface area contributed by atoms with Crippen LogP contribution in [0.1, 0.15) is 33.5 Å². The van der Waals surface area contributed by atoms with Gasteiger partial charge in [-0.2, -0.15) is 0 Å². The minimum atomic E-state index is -0.807. The minimum absolute atomic E-state index is 0.581. The maximum absolute atomic E-state index is 6.03. The highest BCUT2D eigenvalue weighted by Gasteiger charge is 2.26. The second-order valence-corrected chi connectivity index (χ2v) is 5.72. The van der Waals surface area contributed by atoms with E-state index in [9.17, 15) is 0 Å². The van der Waals surface area contributed by atoms with Crippen LogP contribution in [0.5, 0.6) is 5.88 Å².